The Kier molecular flexibility index (Phi) is 5.50. The summed E-state index contributed by atoms with van der Waals surface area (Å²) in [6.45, 7) is 1.73. The van der Waals surface area contributed by atoms with E-state index in [0.29, 0.717) is 34.2 Å². The highest BCUT2D eigenvalue weighted by atomic mass is 32.2. The molecule has 2 N–H and O–H groups in total. The van der Waals surface area contributed by atoms with E-state index in [2.05, 4.69) is 20.2 Å². The van der Waals surface area contributed by atoms with Crippen LogP contribution in [0.2, 0.25) is 0 Å². The van der Waals surface area contributed by atoms with Crippen molar-refractivity contribution < 1.29 is 17.7 Å². The molecule has 3 aromatic carbocycles. The van der Waals surface area contributed by atoms with Crippen molar-refractivity contribution in [3.63, 3.8) is 0 Å². The largest absolute Gasteiger partial charge is 0.334 e. The summed E-state index contributed by atoms with van der Waals surface area (Å²) >= 11 is 0. The van der Waals surface area contributed by atoms with Gasteiger partial charge in [-0.2, -0.15) is 4.98 Å². The molecule has 9 heteroatoms. The number of carbonyl (C=O) groups excluding carboxylic acids is 1. The summed E-state index contributed by atoms with van der Waals surface area (Å²) in [6.07, 6.45) is 0. The molecule has 0 aliphatic heterocycles. The number of amides is 1. The highest BCUT2D eigenvalue weighted by molar-refractivity contribution is 7.92. The molecule has 8 nitrogen and oxygen atoms in total. The summed E-state index contributed by atoms with van der Waals surface area (Å²) in [5.41, 5.74) is 1.92. The zero-order valence-corrected chi connectivity index (χ0v) is 17.3. The van der Waals surface area contributed by atoms with Crippen LogP contribution in [0.4, 0.5) is 11.4 Å². The first kappa shape index (κ1) is 20.3. The molecule has 0 saturated carbocycles. The fourth-order valence-corrected chi connectivity index (χ4v) is 3.93. The molecule has 4 aromatic rings. The fraction of sp³-hybridized carbons (Fsp3) is 0.0455. The molecule has 156 valence electrons. The second-order valence-corrected chi connectivity index (χ2v) is 8.36. The minimum atomic E-state index is -3.72. The molecular formula is C22H18N4O4S. The van der Waals surface area contributed by atoms with Gasteiger partial charge in [0.1, 0.15) is 0 Å². The third-order valence-electron chi connectivity index (χ3n) is 4.35. The molecule has 4 rings (SSSR count). The van der Waals surface area contributed by atoms with E-state index in [0.717, 1.165) is 0 Å². The quantitative estimate of drug-likeness (QED) is 0.472. The first-order valence-electron chi connectivity index (χ1n) is 9.31. The van der Waals surface area contributed by atoms with Gasteiger partial charge in [-0.05, 0) is 61.5 Å². The van der Waals surface area contributed by atoms with Crippen LogP contribution in [0.15, 0.2) is 88.3 Å². The molecule has 0 spiro atoms. The van der Waals surface area contributed by atoms with Gasteiger partial charge < -0.3 is 9.84 Å². The Morgan fingerprint density at radius 3 is 2.29 bits per heavy atom. The zero-order chi connectivity index (χ0) is 21.8. The van der Waals surface area contributed by atoms with Crippen LogP contribution in [0.3, 0.4) is 0 Å². The van der Waals surface area contributed by atoms with E-state index >= 15 is 0 Å². The lowest BCUT2D eigenvalue weighted by Crippen LogP contribution is -2.14. The Labute approximate surface area is 179 Å². The topological polar surface area (TPSA) is 114 Å². The van der Waals surface area contributed by atoms with Crippen molar-refractivity contribution in [3.05, 3.63) is 90.3 Å². The highest BCUT2D eigenvalue weighted by Gasteiger charge is 2.14. The van der Waals surface area contributed by atoms with E-state index < -0.39 is 10.0 Å². The van der Waals surface area contributed by atoms with Gasteiger partial charge >= 0.3 is 0 Å². The molecule has 1 aromatic heterocycles. The Morgan fingerprint density at radius 2 is 1.61 bits per heavy atom. The molecule has 0 bridgehead atoms. The summed E-state index contributed by atoms with van der Waals surface area (Å²) in [5, 5.41) is 6.51. The summed E-state index contributed by atoms with van der Waals surface area (Å²) < 4.78 is 32.6. The summed E-state index contributed by atoms with van der Waals surface area (Å²) in [6, 6.07) is 21.3. The lowest BCUT2D eigenvalue weighted by Gasteiger charge is -2.10. The molecule has 0 fully saturated rings. The smallest absolute Gasteiger partial charge is 0.261 e. The molecule has 1 amide bonds. The minimum Gasteiger partial charge on any atom is -0.334 e. The maximum absolute atomic E-state index is 12.6. The minimum absolute atomic E-state index is 0.154. The number of carbonyl (C=O) groups is 1. The van der Waals surface area contributed by atoms with Crippen LogP contribution in [0.25, 0.3) is 11.5 Å². The number of sulfonamides is 1. The molecule has 31 heavy (non-hydrogen) atoms. The zero-order valence-electron chi connectivity index (χ0n) is 16.4. The second kappa shape index (κ2) is 8.41. The third kappa shape index (κ3) is 4.78. The van der Waals surface area contributed by atoms with Gasteiger partial charge in [0, 0.05) is 16.8 Å². The van der Waals surface area contributed by atoms with Gasteiger partial charge in [0.05, 0.1) is 10.6 Å². The number of nitrogens with one attached hydrogen (secondary N) is 2. The predicted octanol–water partition coefficient (Wildman–Crippen LogP) is 4.10. The SMILES string of the molecule is Cc1noc(-c2ccc(C(=O)Nc3cccc(NS(=O)(=O)c4ccccc4)c3)cc2)n1. The Balaban J connectivity index is 1.47. The summed E-state index contributed by atoms with van der Waals surface area (Å²) in [5.74, 6) is 0.568. The lowest BCUT2D eigenvalue weighted by molar-refractivity contribution is 0.102. The van der Waals surface area contributed by atoms with Crippen molar-refractivity contribution in [2.75, 3.05) is 10.0 Å². The maximum atomic E-state index is 12.6. The van der Waals surface area contributed by atoms with Crippen LogP contribution in [0, 0.1) is 6.92 Å². The molecule has 0 aliphatic rings. The molecule has 0 atom stereocenters. The average Bonchev–Trinajstić information content (AvgIpc) is 3.21. The molecule has 0 aliphatic carbocycles. The third-order valence-corrected chi connectivity index (χ3v) is 5.74. The predicted molar refractivity (Wildman–Crippen MR) is 116 cm³/mol. The highest BCUT2D eigenvalue weighted by Crippen LogP contribution is 2.21. The molecule has 0 radical (unpaired) electrons. The number of nitrogens with zero attached hydrogens (tertiary/aromatic N) is 2. The number of aryl methyl sites for hydroxylation is 1. The Bertz CT molecular complexity index is 1320. The van der Waals surface area contributed by atoms with E-state index in [4.69, 9.17) is 4.52 Å². The van der Waals surface area contributed by atoms with E-state index in [9.17, 15) is 13.2 Å². The van der Waals surface area contributed by atoms with Crippen LogP contribution in [-0.4, -0.2) is 24.5 Å². The van der Waals surface area contributed by atoms with Gasteiger partial charge in [-0.25, -0.2) is 8.42 Å². The van der Waals surface area contributed by atoms with Crippen molar-refractivity contribution in [1.82, 2.24) is 10.1 Å². The first-order valence-corrected chi connectivity index (χ1v) is 10.8. The van der Waals surface area contributed by atoms with Crippen molar-refractivity contribution in [2.45, 2.75) is 11.8 Å². The van der Waals surface area contributed by atoms with Gasteiger partial charge in [-0.1, -0.05) is 29.4 Å². The number of hydrogen-bond acceptors (Lipinski definition) is 6. The maximum Gasteiger partial charge on any atom is 0.261 e. The van der Waals surface area contributed by atoms with Crippen LogP contribution in [-0.2, 0) is 10.0 Å². The monoisotopic (exact) mass is 434 g/mol. The van der Waals surface area contributed by atoms with Crippen LogP contribution < -0.4 is 10.0 Å². The number of aromatic nitrogens is 2. The molecule has 0 unspecified atom stereocenters. The van der Waals surface area contributed by atoms with Crippen LogP contribution >= 0.6 is 0 Å². The van der Waals surface area contributed by atoms with Crippen molar-refractivity contribution >= 4 is 27.3 Å². The van der Waals surface area contributed by atoms with Crippen molar-refractivity contribution in [1.29, 1.82) is 0 Å². The number of anilines is 2. The van der Waals surface area contributed by atoms with Gasteiger partial charge in [-0.15, -0.1) is 0 Å². The molecule has 1 heterocycles. The Hall–Kier alpha value is -3.98. The summed E-state index contributed by atoms with van der Waals surface area (Å²) in [4.78, 5) is 16.9. The second-order valence-electron chi connectivity index (χ2n) is 6.68. The normalized spacial score (nSPS) is 11.1. The van der Waals surface area contributed by atoms with Gasteiger partial charge in [0.25, 0.3) is 21.8 Å². The van der Waals surface area contributed by atoms with E-state index in [-0.39, 0.29) is 10.8 Å². The number of hydrogen-bond donors (Lipinski definition) is 2. The lowest BCUT2D eigenvalue weighted by atomic mass is 10.1. The van der Waals surface area contributed by atoms with Gasteiger partial charge in [0.2, 0.25) is 0 Å². The molecular weight excluding hydrogens is 416 g/mol. The number of rotatable bonds is 6. The van der Waals surface area contributed by atoms with Crippen molar-refractivity contribution in [3.8, 4) is 11.5 Å². The van der Waals surface area contributed by atoms with E-state index in [1.165, 1.54) is 12.1 Å². The van der Waals surface area contributed by atoms with Gasteiger partial charge in [-0.3, -0.25) is 9.52 Å². The molecule has 0 saturated heterocycles. The van der Waals surface area contributed by atoms with Crippen LogP contribution in [0.1, 0.15) is 16.2 Å². The summed E-state index contributed by atoms with van der Waals surface area (Å²) in [7, 11) is -3.72. The van der Waals surface area contributed by atoms with Crippen LogP contribution in [0.5, 0.6) is 0 Å². The average molecular weight is 434 g/mol. The van der Waals surface area contributed by atoms with Gasteiger partial charge in [0.15, 0.2) is 5.82 Å². The number of benzene rings is 3. The fourth-order valence-electron chi connectivity index (χ4n) is 2.86. The standard InChI is InChI=1S/C22H18N4O4S/c1-15-23-22(30-25-15)17-12-10-16(11-13-17)21(27)24-18-6-5-7-19(14-18)26-31(28,29)20-8-3-2-4-9-20/h2-14,26H,1H3,(H,24,27). The van der Waals surface area contributed by atoms with E-state index in [1.807, 2.05) is 0 Å². The Morgan fingerprint density at radius 1 is 0.903 bits per heavy atom. The van der Waals surface area contributed by atoms with E-state index in [1.54, 1.807) is 73.7 Å². The van der Waals surface area contributed by atoms with Crippen molar-refractivity contribution in [2.24, 2.45) is 0 Å². The first-order chi connectivity index (χ1) is 14.9.